The summed E-state index contributed by atoms with van der Waals surface area (Å²) in [6.07, 6.45) is 3.41. The highest BCUT2D eigenvalue weighted by Crippen LogP contribution is 2.11. The van der Waals surface area contributed by atoms with Gasteiger partial charge in [0.1, 0.15) is 0 Å². The van der Waals surface area contributed by atoms with Gasteiger partial charge in [-0.05, 0) is 19.3 Å². The number of likely N-dealkylation sites (tertiary alicyclic amines) is 1. The van der Waals surface area contributed by atoms with Crippen LogP contribution in [0.2, 0.25) is 0 Å². The molecule has 0 aromatic heterocycles. The van der Waals surface area contributed by atoms with Gasteiger partial charge in [0, 0.05) is 13.1 Å². The second-order valence-corrected chi connectivity index (χ2v) is 3.45. The van der Waals surface area contributed by atoms with Crippen LogP contribution in [-0.2, 0) is 9.90 Å². The van der Waals surface area contributed by atoms with Crippen LogP contribution in [-0.4, -0.2) is 30.5 Å². The average Bonchev–Trinajstić information content (AvgIpc) is 2.17. The van der Waals surface area contributed by atoms with Crippen molar-refractivity contribution in [1.82, 2.24) is 4.90 Å². The van der Waals surface area contributed by atoms with Gasteiger partial charge in [0.15, 0.2) is 0 Å². The lowest BCUT2D eigenvalue weighted by molar-refractivity contribution is -0.137. The Morgan fingerprint density at radius 3 is 2.42 bits per heavy atom. The van der Waals surface area contributed by atoms with Gasteiger partial charge in [-0.3, -0.25) is 4.79 Å². The topological polar surface area (TPSA) is 40.2 Å². The van der Waals surface area contributed by atoms with Gasteiger partial charge in [0.05, 0.1) is 12.5 Å². The van der Waals surface area contributed by atoms with Gasteiger partial charge in [-0.25, -0.2) is 5.11 Å². The van der Waals surface area contributed by atoms with E-state index in [0.29, 0.717) is 0 Å². The van der Waals surface area contributed by atoms with Crippen LogP contribution in [0.15, 0.2) is 0 Å². The number of nitrogens with zero attached hydrogens (tertiary/aromatic N) is 1. The van der Waals surface area contributed by atoms with Gasteiger partial charge in [-0.2, -0.15) is 0 Å². The first-order valence-corrected chi connectivity index (χ1v) is 4.62. The maximum atomic E-state index is 11.5. The van der Waals surface area contributed by atoms with E-state index in [9.17, 15) is 9.90 Å². The molecule has 3 heteroatoms. The first-order chi connectivity index (χ1) is 5.75. The summed E-state index contributed by atoms with van der Waals surface area (Å²) in [6.45, 7) is 3.13. The lowest BCUT2D eigenvalue weighted by atomic mass is 10.1. The second kappa shape index (κ2) is 4.45. The molecule has 1 fully saturated rings. The molecule has 1 aliphatic heterocycles. The smallest absolute Gasteiger partial charge is 0.227 e. The lowest BCUT2D eigenvalue weighted by Gasteiger charge is -2.28. The number of hydrogen-bond acceptors (Lipinski definition) is 1. The summed E-state index contributed by atoms with van der Waals surface area (Å²) in [5.41, 5.74) is 0. The highest BCUT2D eigenvalue weighted by molar-refractivity contribution is 5.78. The van der Waals surface area contributed by atoms with E-state index in [4.69, 9.17) is 0 Å². The lowest BCUT2D eigenvalue weighted by Crippen LogP contribution is -2.39. The van der Waals surface area contributed by atoms with Crippen LogP contribution >= 0.6 is 0 Å². The van der Waals surface area contributed by atoms with Crippen molar-refractivity contribution in [3.05, 3.63) is 0 Å². The number of carbonyl (C=O) groups excluding carboxylic acids is 1. The van der Waals surface area contributed by atoms with Crippen molar-refractivity contribution in [1.29, 1.82) is 0 Å². The van der Waals surface area contributed by atoms with Gasteiger partial charge in [0.2, 0.25) is 5.91 Å². The zero-order chi connectivity index (χ0) is 8.97. The molecule has 1 aliphatic rings. The van der Waals surface area contributed by atoms with Gasteiger partial charge in [-0.1, -0.05) is 6.92 Å². The quantitative estimate of drug-likeness (QED) is 0.611. The highest BCUT2D eigenvalue weighted by atomic mass is 16.3. The Balaban J connectivity index is 2.39. The first kappa shape index (κ1) is 9.52. The van der Waals surface area contributed by atoms with Gasteiger partial charge >= 0.3 is 0 Å². The van der Waals surface area contributed by atoms with Crippen LogP contribution in [0.4, 0.5) is 0 Å². The summed E-state index contributed by atoms with van der Waals surface area (Å²) in [6, 6.07) is 0. The fourth-order valence-corrected chi connectivity index (χ4v) is 1.50. The zero-order valence-electron chi connectivity index (χ0n) is 7.58. The molecule has 3 nitrogen and oxygen atoms in total. The molecule has 0 N–H and O–H groups in total. The molecule has 1 rings (SSSR count). The molecule has 0 bridgehead atoms. The number of amides is 1. The van der Waals surface area contributed by atoms with Crippen molar-refractivity contribution in [3.63, 3.8) is 0 Å². The summed E-state index contributed by atoms with van der Waals surface area (Å²) >= 11 is 0. The van der Waals surface area contributed by atoms with Crippen molar-refractivity contribution in [2.45, 2.75) is 26.2 Å². The van der Waals surface area contributed by atoms with Crippen molar-refractivity contribution < 1.29 is 9.90 Å². The molecule has 1 saturated heterocycles. The second-order valence-electron chi connectivity index (χ2n) is 3.45. The summed E-state index contributed by atoms with van der Waals surface area (Å²) in [7, 11) is 0. The Kier molecular flexibility index (Phi) is 3.53. The normalized spacial score (nSPS) is 20.7. The number of carbonyl (C=O) groups is 1. The van der Waals surface area contributed by atoms with E-state index in [0.717, 1.165) is 25.9 Å². The molecular formula is C9H16NO2. The van der Waals surface area contributed by atoms with Crippen molar-refractivity contribution in [3.8, 4) is 0 Å². The monoisotopic (exact) mass is 170 g/mol. The molecule has 1 amide bonds. The molecule has 0 saturated carbocycles. The third-order valence-electron chi connectivity index (χ3n) is 2.34. The molecule has 1 atom stereocenters. The summed E-state index contributed by atoms with van der Waals surface area (Å²) in [5.74, 6) is -0.284. The molecule has 0 aromatic rings. The van der Waals surface area contributed by atoms with Gasteiger partial charge in [-0.15, -0.1) is 0 Å². The maximum absolute atomic E-state index is 11.5. The molecule has 69 valence electrons. The van der Waals surface area contributed by atoms with Crippen LogP contribution in [0.5, 0.6) is 0 Å². The number of hydrogen-bond donors (Lipinski definition) is 0. The van der Waals surface area contributed by atoms with E-state index in [2.05, 4.69) is 0 Å². The standard InChI is InChI=1S/C9H16NO2/c1-8(7-11)9(12)10-5-3-2-4-6-10/h8H,2-7H2,1H3. The average molecular weight is 170 g/mol. The molecule has 1 heterocycles. The van der Waals surface area contributed by atoms with Crippen molar-refractivity contribution >= 4 is 5.91 Å². The van der Waals surface area contributed by atoms with Crippen molar-refractivity contribution in [2.24, 2.45) is 5.92 Å². The number of rotatable bonds is 2. The van der Waals surface area contributed by atoms with Crippen LogP contribution in [0.25, 0.3) is 0 Å². The predicted octanol–water partition coefficient (Wildman–Crippen LogP) is 1.07. The third-order valence-corrected chi connectivity index (χ3v) is 2.34. The fourth-order valence-electron chi connectivity index (χ4n) is 1.50. The molecule has 0 spiro atoms. The zero-order valence-corrected chi connectivity index (χ0v) is 7.58. The largest absolute Gasteiger partial charge is 0.342 e. The predicted molar refractivity (Wildman–Crippen MR) is 45.1 cm³/mol. The molecular weight excluding hydrogens is 154 g/mol. The van der Waals surface area contributed by atoms with E-state index in [1.165, 1.54) is 6.42 Å². The van der Waals surface area contributed by atoms with Gasteiger partial charge in [0.25, 0.3) is 0 Å². The summed E-state index contributed by atoms with van der Waals surface area (Å²) in [5, 5.41) is 10.5. The highest BCUT2D eigenvalue weighted by Gasteiger charge is 2.21. The van der Waals surface area contributed by atoms with Crippen LogP contribution in [0.3, 0.4) is 0 Å². The van der Waals surface area contributed by atoms with E-state index in [1.54, 1.807) is 6.92 Å². The number of piperidine rings is 1. The molecule has 12 heavy (non-hydrogen) atoms. The Morgan fingerprint density at radius 1 is 1.33 bits per heavy atom. The maximum Gasteiger partial charge on any atom is 0.227 e. The minimum absolute atomic E-state index is 0.0460. The van der Waals surface area contributed by atoms with Crippen molar-refractivity contribution in [2.75, 3.05) is 19.7 Å². The fraction of sp³-hybridized carbons (Fsp3) is 0.889. The first-order valence-electron chi connectivity index (χ1n) is 4.62. The Hall–Kier alpha value is -0.570. The van der Waals surface area contributed by atoms with Crippen LogP contribution in [0.1, 0.15) is 26.2 Å². The van der Waals surface area contributed by atoms with E-state index < -0.39 is 0 Å². The van der Waals surface area contributed by atoms with E-state index in [-0.39, 0.29) is 18.4 Å². The molecule has 1 unspecified atom stereocenters. The SMILES string of the molecule is CC(C[O])C(=O)N1CCCCC1. The third kappa shape index (κ3) is 2.21. The van der Waals surface area contributed by atoms with Gasteiger partial charge < -0.3 is 4.90 Å². The molecule has 0 aromatic carbocycles. The summed E-state index contributed by atoms with van der Waals surface area (Å²) in [4.78, 5) is 13.3. The molecule has 1 radical (unpaired) electrons. The van der Waals surface area contributed by atoms with Crippen LogP contribution in [0, 0.1) is 5.92 Å². The Morgan fingerprint density at radius 2 is 1.92 bits per heavy atom. The minimum Gasteiger partial charge on any atom is -0.342 e. The Bertz CT molecular complexity index is 153. The van der Waals surface area contributed by atoms with E-state index >= 15 is 0 Å². The van der Waals surface area contributed by atoms with E-state index in [1.807, 2.05) is 4.90 Å². The Labute approximate surface area is 73.4 Å². The molecule has 0 aliphatic carbocycles. The minimum atomic E-state index is -0.330. The summed E-state index contributed by atoms with van der Waals surface area (Å²) < 4.78 is 0. The van der Waals surface area contributed by atoms with Crippen LogP contribution < -0.4 is 0 Å².